The molecule has 0 bridgehead atoms. The first-order valence-electron chi connectivity index (χ1n) is 4.94. The van der Waals surface area contributed by atoms with Gasteiger partial charge in [-0.05, 0) is 19.1 Å². The molecule has 0 spiro atoms. The molecule has 0 aliphatic carbocycles. The molecule has 2 aromatic rings. The second-order valence-corrected chi connectivity index (χ2v) is 3.67. The minimum atomic E-state index is -0.393. The molecular weight excluding hydrogens is 204 g/mol. The zero-order valence-electron chi connectivity index (χ0n) is 9.15. The summed E-state index contributed by atoms with van der Waals surface area (Å²) in [5.74, 6) is -0.224. The standard InChI is InChI=1S/C13H12O3/c1-8-3-4-9-11(7-8)10(13(15)16-2)5-6-12(9)14/h3-7,14H,1-2H3. The molecule has 0 amide bonds. The van der Waals surface area contributed by atoms with Crippen LogP contribution in [0.15, 0.2) is 30.3 Å². The molecule has 0 heterocycles. The van der Waals surface area contributed by atoms with Crippen LogP contribution in [0.5, 0.6) is 5.75 Å². The number of phenolic OH excluding ortho intramolecular Hbond substituents is 1. The van der Waals surface area contributed by atoms with E-state index in [1.807, 2.05) is 19.1 Å². The molecule has 2 rings (SSSR count). The maximum absolute atomic E-state index is 11.5. The summed E-state index contributed by atoms with van der Waals surface area (Å²) in [4.78, 5) is 11.5. The molecule has 0 saturated heterocycles. The minimum Gasteiger partial charge on any atom is -0.507 e. The van der Waals surface area contributed by atoms with Crippen molar-refractivity contribution in [3.05, 3.63) is 41.5 Å². The van der Waals surface area contributed by atoms with Gasteiger partial charge >= 0.3 is 5.97 Å². The van der Waals surface area contributed by atoms with Crippen LogP contribution in [0.4, 0.5) is 0 Å². The Morgan fingerprint density at radius 1 is 1.19 bits per heavy atom. The monoisotopic (exact) mass is 216 g/mol. The Morgan fingerprint density at radius 3 is 2.62 bits per heavy atom. The van der Waals surface area contributed by atoms with Gasteiger partial charge in [0.05, 0.1) is 12.7 Å². The number of hydrogen-bond acceptors (Lipinski definition) is 3. The average molecular weight is 216 g/mol. The maximum Gasteiger partial charge on any atom is 0.338 e. The van der Waals surface area contributed by atoms with Gasteiger partial charge in [0.15, 0.2) is 0 Å². The number of rotatable bonds is 1. The fourth-order valence-electron chi connectivity index (χ4n) is 1.73. The lowest BCUT2D eigenvalue weighted by atomic mass is 10.0. The quantitative estimate of drug-likeness (QED) is 0.745. The molecule has 0 atom stereocenters. The van der Waals surface area contributed by atoms with Gasteiger partial charge in [-0.25, -0.2) is 4.79 Å². The number of aryl methyl sites for hydroxylation is 1. The van der Waals surface area contributed by atoms with Crippen LogP contribution in [0.2, 0.25) is 0 Å². The van der Waals surface area contributed by atoms with Crippen LogP contribution in [-0.2, 0) is 4.74 Å². The summed E-state index contributed by atoms with van der Waals surface area (Å²) >= 11 is 0. The fraction of sp³-hybridized carbons (Fsp3) is 0.154. The van der Waals surface area contributed by atoms with Crippen LogP contribution in [0.1, 0.15) is 15.9 Å². The van der Waals surface area contributed by atoms with E-state index in [9.17, 15) is 9.90 Å². The van der Waals surface area contributed by atoms with Crippen molar-refractivity contribution in [1.29, 1.82) is 0 Å². The van der Waals surface area contributed by atoms with Gasteiger partial charge in [-0.3, -0.25) is 0 Å². The highest BCUT2D eigenvalue weighted by Crippen LogP contribution is 2.28. The van der Waals surface area contributed by atoms with Gasteiger partial charge in [0, 0.05) is 10.8 Å². The number of esters is 1. The normalized spacial score (nSPS) is 10.4. The molecule has 3 nitrogen and oxygen atoms in total. The Labute approximate surface area is 93.3 Å². The smallest absolute Gasteiger partial charge is 0.338 e. The van der Waals surface area contributed by atoms with E-state index in [1.54, 1.807) is 12.1 Å². The number of phenols is 1. The zero-order chi connectivity index (χ0) is 11.7. The lowest BCUT2D eigenvalue weighted by molar-refractivity contribution is 0.0603. The van der Waals surface area contributed by atoms with Gasteiger partial charge in [-0.1, -0.05) is 23.8 Å². The Kier molecular flexibility index (Phi) is 2.52. The molecule has 0 fully saturated rings. The summed E-state index contributed by atoms with van der Waals surface area (Å²) in [6.07, 6.45) is 0. The van der Waals surface area contributed by atoms with Gasteiger partial charge in [0.25, 0.3) is 0 Å². The predicted octanol–water partition coefficient (Wildman–Crippen LogP) is 2.64. The fourth-order valence-corrected chi connectivity index (χ4v) is 1.73. The highest BCUT2D eigenvalue weighted by atomic mass is 16.5. The van der Waals surface area contributed by atoms with Gasteiger partial charge < -0.3 is 9.84 Å². The number of aromatic hydroxyl groups is 1. The van der Waals surface area contributed by atoms with Crippen LogP contribution in [-0.4, -0.2) is 18.2 Å². The summed E-state index contributed by atoms with van der Waals surface area (Å²) in [7, 11) is 1.34. The van der Waals surface area contributed by atoms with Crippen molar-refractivity contribution >= 4 is 16.7 Å². The largest absolute Gasteiger partial charge is 0.507 e. The first-order chi connectivity index (χ1) is 7.63. The Morgan fingerprint density at radius 2 is 1.94 bits per heavy atom. The van der Waals surface area contributed by atoms with E-state index in [-0.39, 0.29) is 5.75 Å². The van der Waals surface area contributed by atoms with E-state index in [4.69, 9.17) is 4.74 Å². The van der Waals surface area contributed by atoms with E-state index < -0.39 is 5.97 Å². The third-order valence-electron chi connectivity index (χ3n) is 2.55. The third-order valence-corrected chi connectivity index (χ3v) is 2.55. The van der Waals surface area contributed by atoms with Crippen LogP contribution in [0.3, 0.4) is 0 Å². The summed E-state index contributed by atoms with van der Waals surface area (Å²) in [6, 6.07) is 8.63. The maximum atomic E-state index is 11.5. The molecule has 0 unspecified atom stereocenters. The summed E-state index contributed by atoms with van der Waals surface area (Å²) in [6.45, 7) is 1.94. The van der Waals surface area contributed by atoms with Crippen molar-refractivity contribution in [1.82, 2.24) is 0 Å². The predicted molar refractivity (Wildman–Crippen MR) is 61.7 cm³/mol. The van der Waals surface area contributed by atoms with Crippen LogP contribution >= 0.6 is 0 Å². The Hall–Kier alpha value is -2.03. The van der Waals surface area contributed by atoms with Crippen molar-refractivity contribution in [2.24, 2.45) is 0 Å². The number of ether oxygens (including phenoxy) is 1. The molecule has 3 heteroatoms. The highest BCUT2D eigenvalue weighted by molar-refractivity contribution is 6.06. The lowest BCUT2D eigenvalue weighted by Crippen LogP contribution is -2.01. The first kappa shape index (κ1) is 10.5. The van der Waals surface area contributed by atoms with Crippen molar-refractivity contribution in [2.45, 2.75) is 6.92 Å². The van der Waals surface area contributed by atoms with Crippen molar-refractivity contribution in [3.8, 4) is 5.75 Å². The Balaban J connectivity index is 2.80. The molecule has 2 aromatic carbocycles. The molecule has 0 aliphatic heterocycles. The molecule has 0 radical (unpaired) electrons. The van der Waals surface area contributed by atoms with Crippen LogP contribution < -0.4 is 0 Å². The topological polar surface area (TPSA) is 46.5 Å². The summed E-state index contributed by atoms with van der Waals surface area (Å²) < 4.78 is 4.70. The van der Waals surface area contributed by atoms with Gasteiger partial charge in [-0.15, -0.1) is 0 Å². The van der Waals surface area contributed by atoms with Crippen molar-refractivity contribution < 1.29 is 14.6 Å². The Bertz CT molecular complexity index is 558. The second-order valence-electron chi connectivity index (χ2n) is 3.67. The number of carbonyl (C=O) groups excluding carboxylic acids is 1. The van der Waals surface area contributed by atoms with E-state index in [1.165, 1.54) is 13.2 Å². The van der Waals surface area contributed by atoms with Gasteiger partial charge in [0.2, 0.25) is 0 Å². The molecule has 82 valence electrons. The SMILES string of the molecule is COC(=O)c1ccc(O)c2ccc(C)cc12. The molecule has 1 N–H and O–H groups in total. The van der Waals surface area contributed by atoms with E-state index >= 15 is 0 Å². The number of hydrogen-bond donors (Lipinski definition) is 1. The average Bonchev–Trinajstić information content (AvgIpc) is 2.28. The molecule has 0 aromatic heterocycles. The zero-order valence-corrected chi connectivity index (χ0v) is 9.15. The molecule has 16 heavy (non-hydrogen) atoms. The highest BCUT2D eigenvalue weighted by Gasteiger charge is 2.12. The molecule has 0 aliphatic rings. The molecule has 0 saturated carbocycles. The van der Waals surface area contributed by atoms with Gasteiger partial charge in [-0.2, -0.15) is 0 Å². The number of carbonyl (C=O) groups is 1. The molecular formula is C13H12O3. The van der Waals surface area contributed by atoms with E-state index in [0.29, 0.717) is 16.3 Å². The summed E-state index contributed by atoms with van der Waals surface area (Å²) in [5, 5.41) is 11.1. The second kappa shape index (κ2) is 3.85. The van der Waals surface area contributed by atoms with Crippen molar-refractivity contribution in [2.75, 3.05) is 7.11 Å². The number of benzene rings is 2. The van der Waals surface area contributed by atoms with Crippen molar-refractivity contribution in [3.63, 3.8) is 0 Å². The minimum absolute atomic E-state index is 0.169. The van der Waals surface area contributed by atoms with E-state index in [2.05, 4.69) is 0 Å². The third kappa shape index (κ3) is 1.60. The summed E-state index contributed by atoms with van der Waals surface area (Å²) in [5.41, 5.74) is 1.50. The van der Waals surface area contributed by atoms with Gasteiger partial charge in [0.1, 0.15) is 5.75 Å². The number of fused-ring (bicyclic) bond motifs is 1. The lowest BCUT2D eigenvalue weighted by Gasteiger charge is -2.07. The first-order valence-corrected chi connectivity index (χ1v) is 4.94. The van der Waals surface area contributed by atoms with Crippen LogP contribution in [0.25, 0.3) is 10.8 Å². The van der Waals surface area contributed by atoms with Crippen LogP contribution in [0, 0.1) is 6.92 Å². The number of methoxy groups -OCH3 is 1. The van der Waals surface area contributed by atoms with E-state index in [0.717, 1.165) is 5.56 Å².